The van der Waals surface area contributed by atoms with Crippen LogP contribution in [0, 0.1) is 0 Å². The van der Waals surface area contributed by atoms with E-state index in [0.29, 0.717) is 13.0 Å². The van der Waals surface area contributed by atoms with Gasteiger partial charge in [0.2, 0.25) is 5.91 Å². The van der Waals surface area contributed by atoms with Gasteiger partial charge in [-0.25, -0.2) is 0 Å². The van der Waals surface area contributed by atoms with E-state index in [2.05, 4.69) is 0 Å². The summed E-state index contributed by atoms with van der Waals surface area (Å²) in [5, 5.41) is 9.17. The summed E-state index contributed by atoms with van der Waals surface area (Å²) < 4.78 is 0. The predicted octanol–water partition coefficient (Wildman–Crippen LogP) is 0.240. The minimum absolute atomic E-state index is 0.0358. The second-order valence-electron chi connectivity index (χ2n) is 4.13. The molecule has 4 nitrogen and oxygen atoms in total. The number of nitrogens with zero attached hydrogens (tertiary/aromatic N) is 1. The Morgan fingerprint density at radius 2 is 2.31 bits per heavy atom. The van der Waals surface area contributed by atoms with E-state index in [1.54, 1.807) is 11.9 Å². The fourth-order valence-electron chi connectivity index (χ4n) is 2.06. The summed E-state index contributed by atoms with van der Waals surface area (Å²) in [5.74, 6) is 0.0757. The lowest BCUT2D eigenvalue weighted by Gasteiger charge is -2.14. The molecule has 16 heavy (non-hydrogen) atoms. The number of nitrogens with two attached hydrogens (primary N) is 1. The Morgan fingerprint density at radius 1 is 1.56 bits per heavy atom. The molecule has 0 bridgehead atoms. The molecule has 0 aromatic heterocycles. The number of carbonyl (C=O) groups excluding carboxylic acids is 1. The number of rotatable bonds is 3. The molecule has 4 heteroatoms. The number of carbonyl (C=O) groups is 1. The molecular formula is C12H16N2O2. The predicted molar refractivity (Wildman–Crippen MR) is 62.4 cm³/mol. The van der Waals surface area contributed by atoms with Gasteiger partial charge in [-0.15, -0.1) is 0 Å². The van der Waals surface area contributed by atoms with E-state index in [1.165, 1.54) is 0 Å². The van der Waals surface area contributed by atoms with Crippen LogP contribution in [-0.4, -0.2) is 31.2 Å². The van der Waals surface area contributed by atoms with Crippen LogP contribution < -0.4 is 10.6 Å². The van der Waals surface area contributed by atoms with E-state index >= 15 is 0 Å². The molecule has 2 rings (SSSR count). The Balaban J connectivity index is 2.35. The molecule has 86 valence electrons. The van der Waals surface area contributed by atoms with E-state index in [1.807, 2.05) is 18.2 Å². The Morgan fingerprint density at radius 3 is 2.94 bits per heavy atom. The van der Waals surface area contributed by atoms with Gasteiger partial charge in [0.15, 0.2) is 0 Å². The molecule has 1 atom stereocenters. The zero-order chi connectivity index (χ0) is 11.7. The lowest BCUT2D eigenvalue weighted by molar-refractivity contribution is -0.117. The average molecular weight is 220 g/mol. The lowest BCUT2D eigenvalue weighted by Crippen LogP contribution is -2.20. The van der Waals surface area contributed by atoms with Crippen LogP contribution >= 0.6 is 0 Å². The molecule has 0 aliphatic carbocycles. The van der Waals surface area contributed by atoms with Crippen LogP contribution in [0.3, 0.4) is 0 Å². The zero-order valence-electron chi connectivity index (χ0n) is 9.31. The van der Waals surface area contributed by atoms with Gasteiger partial charge in [0.1, 0.15) is 0 Å². The zero-order valence-corrected chi connectivity index (χ0v) is 9.31. The normalized spacial score (nSPS) is 16.4. The highest BCUT2D eigenvalue weighted by Gasteiger charge is 2.24. The first-order chi connectivity index (χ1) is 7.67. The summed E-state index contributed by atoms with van der Waals surface area (Å²) in [6.45, 7) is 0.456. The summed E-state index contributed by atoms with van der Waals surface area (Å²) in [7, 11) is 1.78. The largest absolute Gasteiger partial charge is 0.396 e. The standard InChI is InChI=1S/C12H16N2O2/c1-14-11-3-2-8(10(6-13)7-15)4-9(11)5-12(14)16/h2-4,10,15H,5-7,13H2,1H3. The minimum atomic E-state index is -0.0358. The van der Waals surface area contributed by atoms with Crippen molar-refractivity contribution in [2.45, 2.75) is 12.3 Å². The molecule has 0 saturated heterocycles. The number of anilines is 1. The van der Waals surface area contributed by atoms with Crippen molar-refractivity contribution in [1.82, 2.24) is 0 Å². The van der Waals surface area contributed by atoms with Crippen molar-refractivity contribution in [3.63, 3.8) is 0 Å². The quantitative estimate of drug-likeness (QED) is 0.767. The highest BCUT2D eigenvalue weighted by molar-refractivity contribution is 6.00. The van der Waals surface area contributed by atoms with Crippen LogP contribution in [-0.2, 0) is 11.2 Å². The van der Waals surface area contributed by atoms with Crippen molar-refractivity contribution in [3.05, 3.63) is 29.3 Å². The van der Waals surface area contributed by atoms with Gasteiger partial charge < -0.3 is 15.7 Å². The van der Waals surface area contributed by atoms with Gasteiger partial charge >= 0.3 is 0 Å². The van der Waals surface area contributed by atoms with Crippen molar-refractivity contribution in [3.8, 4) is 0 Å². The van der Waals surface area contributed by atoms with Crippen LogP contribution in [0.4, 0.5) is 5.69 Å². The van der Waals surface area contributed by atoms with Crippen LogP contribution in [0.5, 0.6) is 0 Å². The summed E-state index contributed by atoms with van der Waals surface area (Å²) in [6, 6.07) is 5.83. The maximum absolute atomic E-state index is 11.5. The maximum Gasteiger partial charge on any atom is 0.231 e. The minimum Gasteiger partial charge on any atom is -0.396 e. The van der Waals surface area contributed by atoms with Crippen LogP contribution in [0.1, 0.15) is 17.0 Å². The number of hydrogen-bond donors (Lipinski definition) is 2. The fourth-order valence-corrected chi connectivity index (χ4v) is 2.06. The van der Waals surface area contributed by atoms with Crippen molar-refractivity contribution in [2.75, 3.05) is 25.1 Å². The number of hydrogen-bond acceptors (Lipinski definition) is 3. The molecule has 1 amide bonds. The summed E-state index contributed by atoms with van der Waals surface area (Å²) >= 11 is 0. The maximum atomic E-state index is 11.5. The first-order valence-corrected chi connectivity index (χ1v) is 5.37. The molecule has 3 N–H and O–H groups in total. The number of fused-ring (bicyclic) bond motifs is 1. The third-order valence-electron chi connectivity index (χ3n) is 3.16. The van der Waals surface area contributed by atoms with E-state index in [0.717, 1.165) is 16.8 Å². The molecule has 1 unspecified atom stereocenters. The molecule has 0 fully saturated rings. The molecule has 1 aromatic rings. The average Bonchev–Trinajstić information content (AvgIpc) is 2.56. The SMILES string of the molecule is CN1C(=O)Cc2cc(C(CN)CO)ccc21. The van der Waals surface area contributed by atoms with Gasteiger partial charge in [0.25, 0.3) is 0 Å². The molecule has 0 radical (unpaired) electrons. The molecule has 0 spiro atoms. The second-order valence-corrected chi connectivity index (χ2v) is 4.13. The van der Waals surface area contributed by atoms with Crippen molar-refractivity contribution < 1.29 is 9.90 Å². The van der Waals surface area contributed by atoms with Gasteiger partial charge in [-0.1, -0.05) is 12.1 Å². The lowest BCUT2D eigenvalue weighted by atomic mass is 9.97. The molecule has 1 heterocycles. The van der Waals surface area contributed by atoms with Gasteiger partial charge in [-0.05, 0) is 17.2 Å². The summed E-state index contributed by atoms with van der Waals surface area (Å²) in [5.41, 5.74) is 8.57. The number of aliphatic hydroxyl groups is 1. The topological polar surface area (TPSA) is 66.6 Å². The second kappa shape index (κ2) is 4.23. The third kappa shape index (κ3) is 1.70. The van der Waals surface area contributed by atoms with Crippen LogP contribution in [0.25, 0.3) is 0 Å². The first kappa shape index (κ1) is 11.1. The highest BCUT2D eigenvalue weighted by atomic mass is 16.3. The number of aliphatic hydroxyl groups excluding tert-OH is 1. The van der Waals surface area contributed by atoms with E-state index in [9.17, 15) is 9.90 Å². The molecular weight excluding hydrogens is 204 g/mol. The Kier molecular flexibility index (Phi) is 2.94. The van der Waals surface area contributed by atoms with Gasteiger partial charge in [-0.3, -0.25) is 4.79 Å². The van der Waals surface area contributed by atoms with Crippen molar-refractivity contribution >= 4 is 11.6 Å². The smallest absolute Gasteiger partial charge is 0.231 e. The van der Waals surface area contributed by atoms with E-state index in [4.69, 9.17) is 5.73 Å². The Bertz CT molecular complexity index is 413. The Labute approximate surface area is 94.7 Å². The number of likely N-dealkylation sites (N-methyl/N-ethyl adjacent to an activating group) is 1. The molecule has 1 aromatic carbocycles. The van der Waals surface area contributed by atoms with E-state index in [-0.39, 0.29) is 18.4 Å². The van der Waals surface area contributed by atoms with E-state index < -0.39 is 0 Å². The van der Waals surface area contributed by atoms with Gasteiger partial charge in [-0.2, -0.15) is 0 Å². The Hall–Kier alpha value is -1.39. The van der Waals surface area contributed by atoms with Gasteiger partial charge in [0.05, 0.1) is 13.0 Å². The molecule has 1 aliphatic rings. The monoisotopic (exact) mass is 220 g/mol. The first-order valence-electron chi connectivity index (χ1n) is 5.37. The fraction of sp³-hybridized carbons (Fsp3) is 0.417. The third-order valence-corrected chi connectivity index (χ3v) is 3.16. The number of benzene rings is 1. The van der Waals surface area contributed by atoms with Crippen molar-refractivity contribution in [1.29, 1.82) is 0 Å². The van der Waals surface area contributed by atoms with Crippen LogP contribution in [0.15, 0.2) is 18.2 Å². The van der Waals surface area contributed by atoms with Crippen molar-refractivity contribution in [2.24, 2.45) is 5.73 Å². The number of amides is 1. The highest BCUT2D eigenvalue weighted by Crippen LogP contribution is 2.30. The van der Waals surface area contributed by atoms with Crippen LogP contribution in [0.2, 0.25) is 0 Å². The van der Waals surface area contributed by atoms with Gasteiger partial charge in [0, 0.05) is 25.2 Å². The summed E-state index contributed by atoms with van der Waals surface area (Å²) in [6.07, 6.45) is 0.447. The summed E-state index contributed by atoms with van der Waals surface area (Å²) in [4.78, 5) is 13.2. The molecule has 0 saturated carbocycles. The molecule has 1 aliphatic heterocycles.